The molecule has 2 aliphatic heterocycles. The highest BCUT2D eigenvalue weighted by molar-refractivity contribution is 5.82. The van der Waals surface area contributed by atoms with Gasteiger partial charge >= 0.3 is 0 Å². The zero-order chi connectivity index (χ0) is 15.6. The molecule has 2 rings (SSSR count). The van der Waals surface area contributed by atoms with Gasteiger partial charge in [0.2, 0.25) is 11.8 Å². The Morgan fingerprint density at radius 1 is 1.05 bits per heavy atom. The molecule has 0 radical (unpaired) electrons. The van der Waals surface area contributed by atoms with Crippen molar-refractivity contribution in [1.29, 1.82) is 0 Å². The van der Waals surface area contributed by atoms with Crippen LogP contribution in [0.5, 0.6) is 0 Å². The highest BCUT2D eigenvalue weighted by Crippen LogP contribution is 2.25. The van der Waals surface area contributed by atoms with Crippen molar-refractivity contribution in [2.24, 2.45) is 11.3 Å². The summed E-state index contributed by atoms with van der Waals surface area (Å²) in [6, 6.07) is 0. The molecule has 120 valence electrons. The third kappa shape index (κ3) is 3.96. The lowest BCUT2D eigenvalue weighted by molar-refractivity contribution is -0.148. The smallest absolute Gasteiger partial charge is 0.227 e. The predicted octanol–water partition coefficient (Wildman–Crippen LogP) is 1.52. The lowest BCUT2D eigenvalue weighted by Crippen LogP contribution is -2.50. The standard InChI is InChI=1S/C16H28N2O3/c1-12-11-18(9-10-21-12)14(19)13-5-7-17(8-6-13)15(20)16(2,3)4/h12-13H,5-11H2,1-4H3. The van der Waals surface area contributed by atoms with Gasteiger partial charge in [0.1, 0.15) is 0 Å². The lowest BCUT2D eigenvalue weighted by atomic mass is 9.90. The molecule has 2 heterocycles. The molecule has 21 heavy (non-hydrogen) atoms. The van der Waals surface area contributed by atoms with Crippen LogP contribution in [0.25, 0.3) is 0 Å². The minimum Gasteiger partial charge on any atom is -0.375 e. The van der Waals surface area contributed by atoms with Gasteiger partial charge in [0, 0.05) is 37.5 Å². The Bertz CT molecular complexity index is 395. The molecule has 2 saturated heterocycles. The van der Waals surface area contributed by atoms with E-state index in [2.05, 4.69) is 0 Å². The second-order valence-corrected chi connectivity index (χ2v) is 7.28. The molecule has 2 amide bonds. The van der Waals surface area contributed by atoms with Crippen LogP contribution in [0.15, 0.2) is 0 Å². The highest BCUT2D eigenvalue weighted by atomic mass is 16.5. The number of nitrogens with zero attached hydrogens (tertiary/aromatic N) is 2. The van der Waals surface area contributed by atoms with Crippen LogP contribution >= 0.6 is 0 Å². The van der Waals surface area contributed by atoms with Gasteiger partial charge in [0.25, 0.3) is 0 Å². The molecule has 5 nitrogen and oxygen atoms in total. The van der Waals surface area contributed by atoms with Crippen molar-refractivity contribution in [3.8, 4) is 0 Å². The van der Waals surface area contributed by atoms with Crippen molar-refractivity contribution in [3.63, 3.8) is 0 Å². The van der Waals surface area contributed by atoms with Crippen LogP contribution in [0.2, 0.25) is 0 Å². The van der Waals surface area contributed by atoms with E-state index in [1.807, 2.05) is 37.5 Å². The Morgan fingerprint density at radius 3 is 2.19 bits per heavy atom. The van der Waals surface area contributed by atoms with Crippen molar-refractivity contribution in [2.75, 3.05) is 32.8 Å². The monoisotopic (exact) mass is 296 g/mol. The van der Waals surface area contributed by atoms with E-state index in [1.165, 1.54) is 0 Å². The Balaban J connectivity index is 1.86. The zero-order valence-electron chi connectivity index (χ0n) is 13.7. The summed E-state index contributed by atoms with van der Waals surface area (Å²) >= 11 is 0. The fraction of sp³-hybridized carbons (Fsp3) is 0.875. The second-order valence-electron chi connectivity index (χ2n) is 7.28. The molecule has 2 fully saturated rings. The number of hydrogen-bond donors (Lipinski definition) is 0. The summed E-state index contributed by atoms with van der Waals surface area (Å²) in [6.07, 6.45) is 1.70. The minimum atomic E-state index is -0.337. The third-order valence-electron chi connectivity index (χ3n) is 4.33. The van der Waals surface area contributed by atoms with Gasteiger partial charge in [-0.1, -0.05) is 20.8 Å². The summed E-state index contributed by atoms with van der Waals surface area (Å²) in [4.78, 5) is 28.6. The van der Waals surface area contributed by atoms with Crippen molar-refractivity contribution in [2.45, 2.75) is 46.6 Å². The Labute approximate surface area is 127 Å². The van der Waals surface area contributed by atoms with Crippen LogP contribution in [0.1, 0.15) is 40.5 Å². The Kier molecular flexibility index (Phi) is 4.91. The number of carbonyl (C=O) groups is 2. The van der Waals surface area contributed by atoms with Gasteiger partial charge in [-0.25, -0.2) is 0 Å². The number of amides is 2. The number of hydrogen-bond acceptors (Lipinski definition) is 3. The topological polar surface area (TPSA) is 49.9 Å². The van der Waals surface area contributed by atoms with Crippen LogP contribution in [-0.4, -0.2) is 60.5 Å². The van der Waals surface area contributed by atoms with Gasteiger partial charge in [-0.2, -0.15) is 0 Å². The summed E-state index contributed by atoms with van der Waals surface area (Å²) in [5.41, 5.74) is -0.337. The fourth-order valence-electron chi connectivity index (χ4n) is 3.08. The van der Waals surface area contributed by atoms with E-state index in [0.717, 1.165) is 12.8 Å². The molecule has 0 aromatic heterocycles. The van der Waals surface area contributed by atoms with E-state index in [4.69, 9.17) is 4.74 Å². The van der Waals surface area contributed by atoms with Crippen LogP contribution in [0, 0.1) is 11.3 Å². The number of rotatable bonds is 1. The number of ether oxygens (including phenoxy) is 1. The van der Waals surface area contributed by atoms with Gasteiger partial charge < -0.3 is 14.5 Å². The maximum Gasteiger partial charge on any atom is 0.227 e. The second kappa shape index (κ2) is 6.34. The van der Waals surface area contributed by atoms with E-state index in [0.29, 0.717) is 32.8 Å². The molecular weight excluding hydrogens is 268 g/mol. The average Bonchev–Trinajstić information content (AvgIpc) is 2.45. The summed E-state index contributed by atoms with van der Waals surface area (Å²) in [5, 5.41) is 0. The largest absolute Gasteiger partial charge is 0.375 e. The first-order chi connectivity index (χ1) is 9.79. The van der Waals surface area contributed by atoms with Crippen molar-refractivity contribution in [3.05, 3.63) is 0 Å². The summed E-state index contributed by atoms with van der Waals surface area (Å²) in [5.74, 6) is 0.501. The normalized spacial score (nSPS) is 25.0. The molecule has 0 aliphatic carbocycles. The maximum atomic E-state index is 12.5. The number of morpholine rings is 1. The van der Waals surface area contributed by atoms with Gasteiger partial charge in [-0.15, -0.1) is 0 Å². The molecule has 0 aromatic carbocycles. The molecule has 0 N–H and O–H groups in total. The highest BCUT2D eigenvalue weighted by Gasteiger charge is 2.34. The van der Waals surface area contributed by atoms with E-state index in [9.17, 15) is 9.59 Å². The SMILES string of the molecule is CC1CN(C(=O)C2CCN(C(=O)C(C)(C)C)CC2)CCO1. The molecule has 0 spiro atoms. The summed E-state index contributed by atoms with van der Waals surface area (Å²) in [6.45, 7) is 11.3. The maximum absolute atomic E-state index is 12.5. The predicted molar refractivity (Wildman–Crippen MR) is 80.8 cm³/mol. The van der Waals surface area contributed by atoms with Crippen LogP contribution < -0.4 is 0 Å². The Morgan fingerprint density at radius 2 is 1.67 bits per heavy atom. The van der Waals surface area contributed by atoms with Gasteiger partial charge in [-0.05, 0) is 19.8 Å². The molecule has 0 bridgehead atoms. The van der Waals surface area contributed by atoms with Crippen molar-refractivity contribution in [1.82, 2.24) is 9.80 Å². The number of carbonyl (C=O) groups excluding carboxylic acids is 2. The van der Waals surface area contributed by atoms with Crippen molar-refractivity contribution < 1.29 is 14.3 Å². The zero-order valence-corrected chi connectivity index (χ0v) is 13.7. The van der Waals surface area contributed by atoms with Crippen LogP contribution in [0.3, 0.4) is 0 Å². The summed E-state index contributed by atoms with van der Waals surface area (Å²) in [7, 11) is 0. The molecule has 5 heteroatoms. The third-order valence-corrected chi connectivity index (χ3v) is 4.33. The lowest BCUT2D eigenvalue weighted by Gasteiger charge is -2.38. The molecule has 0 saturated carbocycles. The van der Waals surface area contributed by atoms with Crippen LogP contribution in [-0.2, 0) is 14.3 Å². The van der Waals surface area contributed by atoms with Gasteiger partial charge in [-0.3, -0.25) is 9.59 Å². The number of piperidine rings is 1. The quantitative estimate of drug-likeness (QED) is 0.737. The molecule has 1 atom stereocenters. The molecule has 0 aromatic rings. The van der Waals surface area contributed by atoms with Crippen LogP contribution in [0.4, 0.5) is 0 Å². The first-order valence-corrected chi connectivity index (χ1v) is 7.99. The molecular formula is C16H28N2O3. The Hall–Kier alpha value is -1.10. The first-order valence-electron chi connectivity index (χ1n) is 7.99. The van der Waals surface area contributed by atoms with Gasteiger partial charge in [0.15, 0.2) is 0 Å². The molecule has 2 aliphatic rings. The summed E-state index contributed by atoms with van der Waals surface area (Å²) < 4.78 is 5.48. The van der Waals surface area contributed by atoms with E-state index in [-0.39, 0.29) is 29.3 Å². The van der Waals surface area contributed by atoms with E-state index in [1.54, 1.807) is 0 Å². The number of likely N-dealkylation sites (tertiary alicyclic amines) is 1. The van der Waals surface area contributed by atoms with Gasteiger partial charge in [0.05, 0.1) is 12.7 Å². The van der Waals surface area contributed by atoms with E-state index >= 15 is 0 Å². The van der Waals surface area contributed by atoms with E-state index < -0.39 is 0 Å². The molecule has 1 unspecified atom stereocenters. The minimum absolute atomic E-state index is 0.0688. The average molecular weight is 296 g/mol. The first kappa shape index (κ1) is 16.3. The fourth-order valence-corrected chi connectivity index (χ4v) is 3.08. The van der Waals surface area contributed by atoms with Crippen molar-refractivity contribution >= 4 is 11.8 Å².